The minimum Gasteiger partial charge on any atom is -0.294 e. The van der Waals surface area contributed by atoms with E-state index in [0.29, 0.717) is 6.42 Å². The summed E-state index contributed by atoms with van der Waals surface area (Å²) in [4.78, 5) is 11.5. The Kier molecular flexibility index (Phi) is 2.24. The molecule has 1 aromatic rings. The van der Waals surface area contributed by atoms with Crippen LogP contribution in [0.2, 0.25) is 0 Å². The van der Waals surface area contributed by atoms with Crippen LogP contribution in [0.1, 0.15) is 29.5 Å². The molecule has 0 bridgehead atoms. The monoisotopic (exact) mass is 186 g/mol. The maximum absolute atomic E-state index is 11.5. The van der Waals surface area contributed by atoms with Crippen LogP contribution < -0.4 is 0 Å². The Hall–Kier alpha value is -1.37. The number of rotatable bonds is 1. The first-order chi connectivity index (χ1) is 6.66. The van der Waals surface area contributed by atoms with Crippen LogP contribution in [0, 0.1) is 13.8 Å². The van der Waals surface area contributed by atoms with Crippen molar-refractivity contribution in [2.75, 3.05) is 0 Å². The molecule has 0 unspecified atom stereocenters. The van der Waals surface area contributed by atoms with Crippen molar-refractivity contribution in [2.24, 2.45) is 0 Å². The van der Waals surface area contributed by atoms with Gasteiger partial charge in [-0.3, -0.25) is 4.79 Å². The predicted molar refractivity (Wildman–Crippen MR) is 58.1 cm³/mol. The summed E-state index contributed by atoms with van der Waals surface area (Å²) in [7, 11) is 0. The summed E-state index contributed by atoms with van der Waals surface area (Å²) in [6, 6.07) is 6.30. The first-order valence-electron chi connectivity index (χ1n) is 4.99. The summed E-state index contributed by atoms with van der Waals surface area (Å²) in [5, 5.41) is 0. The molecule has 0 aliphatic heterocycles. The standard InChI is InChI=1S/C13H14O/c1-9-6-10(2)8-11(7-9)12-4-3-5-13(12)14/h4,6-8H,3,5H2,1-2H3. The smallest absolute Gasteiger partial charge is 0.163 e. The Morgan fingerprint density at radius 1 is 1.07 bits per heavy atom. The Bertz CT molecular complexity index is 393. The third-order valence-electron chi connectivity index (χ3n) is 2.55. The second kappa shape index (κ2) is 3.41. The lowest BCUT2D eigenvalue weighted by Crippen LogP contribution is -1.95. The minimum absolute atomic E-state index is 0.287. The largest absolute Gasteiger partial charge is 0.294 e. The molecule has 1 aromatic carbocycles. The van der Waals surface area contributed by atoms with Gasteiger partial charge >= 0.3 is 0 Å². The second-order valence-electron chi connectivity index (χ2n) is 3.96. The Labute approximate surface area is 84.5 Å². The maximum atomic E-state index is 11.5. The molecule has 0 N–H and O–H groups in total. The first-order valence-corrected chi connectivity index (χ1v) is 4.99. The van der Waals surface area contributed by atoms with Crippen molar-refractivity contribution in [3.63, 3.8) is 0 Å². The molecular weight excluding hydrogens is 172 g/mol. The predicted octanol–water partition coefficient (Wildman–Crippen LogP) is 3.05. The van der Waals surface area contributed by atoms with E-state index in [-0.39, 0.29) is 5.78 Å². The highest BCUT2D eigenvalue weighted by Gasteiger charge is 2.16. The van der Waals surface area contributed by atoms with Crippen LogP contribution in [0.5, 0.6) is 0 Å². The summed E-state index contributed by atoms with van der Waals surface area (Å²) in [6.45, 7) is 4.13. The van der Waals surface area contributed by atoms with Crippen LogP contribution in [0.15, 0.2) is 24.3 Å². The van der Waals surface area contributed by atoms with E-state index in [2.05, 4.69) is 38.1 Å². The summed E-state index contributed by atoms with van der Waals surface area (Å²) in [5.41, 5.74) is 4.45. The molecule has 0 atom stereocenters. The lowest BCUT2D eigenvalue weighted by atomic mass is 10.00. The van der Waals surface area contributed by atoms with E-state index in [1.165, 1.54) is 11.1 Å². The zero-order valence-electron chi connectivity index (χ0n) is 8.63. The lowest BCUT2D eigenvalue weighted by molar-refractivity contribution is -0.113. The van der Waals surface area contributed by atoms with Crippen LogP contribution in [-0.2, 0) is 4.79 Å². The van der Waals surface area contributed by atoms with Gasteiger partial charge in [-0.1, -0.05) is 35.4 Å². The van der Waals surface area contributed by atoms with Gasteiger partial charge in [0.1, 0.15) is 0 Å². The summed E-state index contributed by atoms with van der Waals surface area (Å²) in [6.07, 6.45) is 3.64. The Morgan fingerprint density at radius 3 is 2.21 bits per heavy atom. The van der Waals surface area contributed by atoms with E-state index in [1.807, 2.05) is 0 Å². The van der Waals surface area contributed by atoms with E-state index < -0.39 is 0 Å². The molecule has 72 valence electrons. The molecule has 0 saturated carbocycles. The van der Waals surface area contributed by atoms with Crippen LogP contribution in [0.3, 0.4) is 0 Å². The van der Waals surface area contributed by atoms with Gasteiger partial charge in [0.15, 0.2) is 5.78 Å². The van der Waals surface area contributed by atoms with Gasteiger partial charge < -0.3 is 0 Å². The van der Waals surface area contributed by atoms with Crippen molar-refractivity contribution in [3.05, 3.63) is 41.0 Å². The van der Waals surface area contributed by atoms with E-state index in [1.54, 1.807) is 0 Å². The Balaban J connectivity index is 2.46. The lowest BCUT2D eigenvalue weighted by Gasteiger charge is -2.04. The molecule has 1 aliphatic carbocycles. The normalized spacial score (nSPS) is 15.9. The van der Waals surface area contributed by atoms with E-state index in [4.69, 9.17) is 0 Å². The number of aryl methyl sites for hydroxylation is 2. The molecule has 0 spiro atoms. The highest BCUT2D eigenvalue weighted by Crippen LogP contribution is 2.25. The number of ketones is 1. The quantitative estimate of drug-likeness (QED) is 0.658. The van der Waals surface area contributed by atoms with Crippen molar-refractivity contribution >= 4 is 11.4 Å². The van der Waals surface area contributed by atoms with Gasteiger partial charge in [0.05, 0.1) is 0 Å². The fourth-order valence-electron chi connectivity index (χ4n) is 2.01. The molecule has 1 nitrogen and oxygen atoms in total. The SMILES string of the molecule is Cc1cc(C)cc(C2=CCCC2=O)c1. The van der Waals surface area contributed by atoms with Crippen molar-refractivity contribution in [1.29, 1.82) is 0 Å². The average Bonchev–Trinajstić information content (AvgIpc) is 2.49. The molecule has 2 rings (SSSR count). The van der Waals surface area contributed by atoms with Crippen LogP contribution in [0.25, 0.3) is 5.57 Å². The third-order valence-corrected chi connectivity index (χ3v) is 2.55. The zero-order chi connectivity index (χ0) is 10.1. The van der Waals surface area contributed by atoms with Gasteiger partial charge in [0, 0.05) is 12.0 Å². The number of benzene rings is 1. The van der Waals surface area contributed by atoms with Crippen molar-refractivity contribution in [3.8, 4) is 0 Å². The minimum atomic E-state index is 0.287. The molecule has 1 heteroatoms. The average molecular weight is 186 g/mol. The van der Waals surface area contributed by atoms with E-state index >= 15 is 0 Å². The fourth-order valence-corrected chi connectivity index (χ4v) is 2.01. The number of carbonyl (C=O) groups is 1. The number of hydrogen-bond donors (Lipinski definition) is 0. The highest BCUT2D eigenvalue weighted by molar-refractivity contribution is 6.22. The van der Waals surface area contributed by atoms with Crippen molar-refractivity contribution < 1.29 is 4.79 Å². The first kappa shape index (κ1) is 9.20. The van der Waals surface area contributed by atoms with Gasteiger partial charge in [0.25, 0.3) is 0 Å². The van der Waals surface area contributed by atoms with E-state index in [9.17, 15) is 4.79 Å². The molecule has 0 heterocycles. The number of carbonyl (C=O) groups excluding carboxylic acids is 1. The molecule has 0 aromatic heterocycles. The number of Topliss-reactive ketones (excluding diaryl/α,β-unsaturated/α-hetero) is 1. The van der Waals surface area contributed by atoms with Crippen molar-refractivity contribution in [1.82, 2.24) is 0 Å². The molecule has 1 aliphatic rings. The van der Waals surface area contributed by atoms with Gasteiger partial charge in [0.2, 0.25) is 0 Å². The fraction of sp³-hybridized carbons (Fsp3) is 0.308. The maximum Gasteiger partial charge on any atom is 0.163 e. The molecule has 0 amide bonds. The summed E-state index contributed by atoms with van der Waals surface area (Å²) in [5.74, 6) is 0.287. The Morgan fingerprint density at radius 2 is 1.71 bits per heavy atom. The summed E-state index contributed by atoms with van der Waals surface area (Å²) >= 11 is 0. The highest BCUT2D eigenvalue weighted by atomic mass is 16.1. The molecule has 14 heavy (non-hydrogen) atoms. The summed E-state index contributed by atoms with van der Waals surface area (Å²) < 4.78 is 0. The van der Waals surface area contributed by atoms with Crippen LogP contribution in [-0.4, -0.2) is 5.78 Å². The van der Waals surface area contributed by atoms with Crippen LogP contribution >= 0.6 is 0 Å². The topological polar surface area (TPSA) is 17.1 Å². The van der Waals surface area contributed by atoms with E-state index in [0.717, 1.165) is 17.6 Å². The van der Waals surface area contributed by atoms with Gasteiger partial charge in [-0.2, -0.15) is 0 Å². The third kappa shape index (κ3) is 1.63. The molecule has 0 saturated heterocycles. The molecule has 0 fully saturated rings. The van der Waals surface area contributed by atoms with Gasteiger partial charge in [-0.25, -0.2) is 0 Å². The molecular formula is C13H14O. The number of allylic oxidation sites excluding steroid dienone is 2. The second-order valence-corrected chi connectivity index (χ2v) is 3.96. The van der Waals surface area contributed by atoms with Crippen molar-refractivity contribution in [2.45, 2.75) is 26.7 Å². The van der Waals surface area contributed by atoms with Gasteiger partial charge in [-0.15, -0.1) is 0 Å². The molecule has 0 radical (unpaired) electrons. The number of hydrogen-bond acceptors (Lipinski definition) is 1. The van der Waals surface area contributed by atoms with Crippen LogP contribution in [0.4, 0.5) is 0 Å². The van der Waals surface area contributed by atoms with Gasteiger partial charge in [-0.05, 0) is 25.8 Å². The zero-order valence-corrected chi connectivity index (χ0v) is 8.63.